The molecular weight excluding hydrogens is 251 g/mol. The summed E-state index contributed by atoms with van der Waals surface area (Å²) >= 11 is 0. The van der Waals surface area contributed by atoms with Crippen molar-refractivity contribution in [2.24, 2.45) is 5.73 Å². The Bertz CT molecular complexity index is 565. The first-order valence-corrected chi connectivity index (χ1v) is 6.80. The first-order valence-electron chi connectivity index (χ1n) is 6.80. The van der Waals surface area contributed by atoms with Crippen LogP contribution in [0.15, 0.2) is 48.5 Å². The molecule has 0 heterocycles. The number of nitrogens with one attached hydrogen (secondary N) is 1. The summed E-state index contributed by atoms with van der Waals surface area (Å²) < 4.78 is 13.0. The van der Waals surface area contributed by atoms with Crippen molar-refractivity contribution in [2.75, 3.05) is 11.9 Å². The highest BCUT2D eigenvalue weighted by Crippen LogP contribution is 2.20. The third kappa shape index (κ3) is 3.81. The van der Waals surface area contributed by atoms with Gasteiger partial charge in [0.1, 0.15) is 5.82 Å². The van der Waals surface area contributed by atoms with Gasteiger partial charge in [-0.1, -0.05) is 24.3 Å². The Morgan fingerprint density at radius 2 is 1.85 bits per heavy atom. The lowest BCUT2D eigenvalue weighted by molar-refractivity contribution is 0.520. The minimum absolute atomic E-state index is 0.213. The summed E-state index contributed by atoms with van der Waals surface area (Å²) in [7, 11) is 0. The molecule has 0 saturated carbocycles. The molecule has 1 unspecified atom stereocenters. The van der Waals surface area contributed by atoms with Crippen LogP contribution in [0.2, 0.25) is 0 Å². The van der Waals surface area contributed by atoms with E-state index in [1.165, 1.54) is 17.7 Å². The summed E-state index contributed by atoms with van der Waals surface area (Å²) in [6, 6.07) is 14.8. The fraction of sp³-hybridized carbons (Fsp3) is 0.294. The zero-order chi connectivity index (χ0) is 14.6. The predicted octanol–water partition coefficient (Wildman–Crippen LogP) is 3.51. The van der Waals surface area contributed by atoms with Crippen LogP contribution < -0.4 is 11.1 Å². The van der Waals surface area contributed by atoms with Crippen LogP contribution in [0.1, 0.15) is 18.1 Å². The van der Waals surface area contributed by atoms with Crippen LogP contribution in [0.3, 0.4) is 0 Å². The monoisotopic (exact) mass is 272 g/mol. The second-order valence-electron chi connectivity index (χ2n) is 5.56. The van der Waals surface area contributed by atoms with Crippen LogP contribution in [-0.4, -0.2) is 12.1 Å². The minimum Gasteiger partial charge on any atom is -0.378 e. The van der Waals surface area contributed by atoms with E-state index >= 15 is 0 Å². The lowest BCUT2D eigenvalue weighted by Crippen LogP contribution is -2.44. The Labute approximate surface area is 119 Å². The third-order valence-corrected chi connectivity index (χ3v) is 3.42. The van der Waals surface area contributed by atoms with Crippen LogP contribution in [0.25, 0.3) is 0 Å². The van der Waals surface area contributed by atoms with Crippen molar-refractivity contribution >= 4 is 5.69 Å². The molecule has 106 valence electrons. The van der Waals surface area contributed by atoms with Crippen molar-refractivity contribution in [3.63, 3.8) is 0 Å². The van der Waals surface area contributed by atoms with Gasteiger partial charge in [0, 0.05) is 12.2 Å². The van der Waals surface area contributed by atoms with Crippen molar-refractivity contribution in [1.82, 2.24) is 0 Å². The zero-order valence-corrected chi connectivity index (χ0v) is 12.0. The number of hydrogen-bond donors (Lipinski definition) is 2. The van der Waals surface area contributed by atoms with Crippen molar-refractivity contribution < 1.29 is 4.39 Å². The Kier molecular flexibility index (Phi) is 4.40. The Hall–Kier alpha value is -1.87. The summed E-state index contributed by atoms with van der Waals surface area (Å²) in [5.74, 6) is -0.213. The number of nitrogens with two attached hydrogens (primary N) is 1. The van der Waals surface area contributed by atoms with E-state index in [-0.39, 0.29) is 11.4 Å². The molecule has 0 aliphatic rings. The van der Waals surface area contributed by atoms with Gasteiger partial charge in [0.25, 0.3) is 0 Å². The molecule has 3 N–H and O–H groups in total. The molecular formula is C17H21FN2. The van der Waals surface area contributed by atoms with E-state index in [1.807, 2.05) is 12.1 Å². The second-order valence-corrected chi connectivity index (χ2v) is 5.56. The van der Waals surface area contributed by atoms with E-state index in [2.05, 4.69) is 31.3 Å². The molecule has 0 spiro atoms. The van der Waals surface area contributed by atoms with E-state index < -0.39 is 0 Å². The first-order chi connectivity index (χ1) is 9.50. The summed E-state index contributed by atoms with van der Waals surface area (Å²) in [6.45, 7) is 4.64. The molecule has 2 aromatic carbocycles. The lowest BCUT2D eigenvalue weighted by Gasteiger charge is -2.31. The maximum absolute atomic E-state index is 13.0. The molecule has 0 saturated heterocycles. The van der Waals surface area contributed by atoms with E-state index in [4.69, 9.17) is 5.73 Å². The molecule has 0 aromatic heterocycles. The fourth-order valence-electron chi connectivity index (χ4n) is 2.29. The highest BCUT2D eigenvalue weighted by Gasteiger charge is 2.22. The van der Waals surface area contributed by atoms with Gasteiger partial charge in [-0.3, -0.25) is 0 Å². The highest BCUT2D eigenvalue weighted by atomic mass is 19.1. The number of benzene rings is 2. The van der Waals surface area contributed by atoms with Gasteiger partial charge in [0.2, 0.25) is 0 Å². The van der Waals surface area contributed by atoms with Gasteiger partial charge in [0.05, 0.1) is 5.54 Å². The van der Waals surface area contributed by atoms with Gasteiger partial charge in [-0.05, 0) is 55.7 Å². The Morgan fingerprint density at radius 3 is 2.45 bits per heavy atom. The second kappa shape index (κ2) is 6.06. The topological polar surface area (TPSA) is 38.0 Å². The molecule has 3 heteroatoms. The van der Waals surface area contributed by atoms with Gasteiger partial charge < -0.3 is 11.1 Å². The van der Waals surface area contributed by atoms with Gasteiger partial charge in [-0.2, -0.15) is 0 Å². The molecule has 0 bridgehead atoms. The molecule has 0 amide bonds. The first kappa shape index (κ1) is 14.5. The van der Waals surface area contributed by atoms with Crippen molar-refractivity contribution in [2.45, 2.75) is 25.8 Å². The standard InChI is InChI=1S/C17H21FN2/c1-13-4-3-5-16(10-13)20-17(2,12-19)11-14-6-8-15(18)9-7-14/h3-10,20H,11-12,19H2,1-2H3. The average molecular weight is 272 g/mol. The SMILES string of the molecule is Cc1cccc(NC(C)(CN)Cc2ccc(F)cc2)c1. The summed E-state index contributed by atoms with van der Waals surface area (Å²) in [5.41, 5.74) is 9.01. The van der Waals surface area contributed by atoms with Gasteiger partial charge >= 0.3 is 0 Å². The molecule has 2 nitrogen and oxygen atoms in total. The number of halogens is 1. The van der Waals surface area contributed by atoms with Crippen LogP contribution in [0.5, 0.6) is 0 Å². The summed E-state index contributed by atoms with van der Waals surface area (Å²) in [6.07, 6.45) is 0.748. The van der Waals surface area contributed by atoms with Crippen LogP contribution in [0.4, 0.5) is 10.1 Å². The average Bonchev–Trinajstić information content (AvgIpc) is 2.41. The maximum Gasteiger partial charge on any atom is 0.123 e. The zero-order valence-electron chi connectivity index (χ0n) is 12.0. The molecule has 0 fully saturated rings. The van der Waals surface area contributed by atoms with Crippen molar-refractivity contribution in [1.29, 1.82) is 0 Å². The molecule has 2 aromatic rings. The largest absolute Gasteiger partial charge is 0.378 e. The van der Waals surface area contributed by atoms with Crippen LogP contribution in [0, 0.1) is 12.7 Å². The van der Waals surface area contributed by atoms with E-state index in [0.29, 0.717) is 6.54 Å². The summed E-state index contributed by atoms with van der Waals surface area (Å²) in [4.78, 5) is 0. The van der Waals surface area contributed by atoms with Gasteiger partial charge in [-0.15, -0.1) is 0 Å². The quantitative estimate of drug-likeness (QED) is 0.874. The lowest BCUT2D eigenvalue weighted by atomic mass is 9.92. The fourth-order valence-corrected chi connectivity index (χ4v) is 2.29. The molecule has 0 aliphatic heterocycles. The number of anilines is 1. The maximum atomic E-state index is 13.0. The Balaban J connectivity index is 2.14. The number of hydrogen-bond acceptors (Lipinski definition) is 2. The number of aryl methyl sites for hydroxylation is 1. The minimum atomic E-state index is -0.258. The molecule has 2 rings (SSSR count). The molecule has 20 heavy (non-hydrogen) atoms. The van der Waals surface area contributed by atoms with E-state index in [0.717, 1.165) is 17.7 Å². The van der Waals surface area contributed by atoms with E-state index in [1.54, 1.807) is 12.1 Å². The summed E-state index contributed by atoms with van der Waals surface area (Å²) in [5, 5.41) is 3.49. The molecule has 0 aliphatic carbocycles. The Morgan fingerprint density at radius 1 is 1.15 bits per heavy atom. The van der Waals surface area contributed by atoms with Gasteiger partial charge in [-0.25, -0.2) is 4.39 Å². The van der Waals surface area contributed by atoms with Crippen LogP contribution >= 0.6 is 0 Å². The normalized spacial score (nSPS) is 13.8. The van der Waals surface area contributed by atoms with Crippen molar-refractivity contribution in [3.8, 4) is 0 Å². The molecule has 0 radical (unpaired) electrons. The smallest absolute Gasteiger partial charge is 0.123 e. The van der Waals surface area contributed by atoms with E-state index in [9.17, 15) is 4.39 Å². The number of rotatable bonds is 5. The third-order valence-electron chi connectivity index (χ3n) is 3.42. The van der Waals surface area contributed by atoms with Gasteiger partial charge in [0.15, 0.2) is 0 Å². The van der Waals surface area contributed by atoms with Crippen molar-refractivity contribution in [3.05, 3.63) is 65.5 Å². The predicted molar refractivity (Wildman–Crippen MR) is 82.4 cm³/mol. The van der Waals surface area contributed by atoms with Crippen LogP contribution in [-0.2, 0) is 6.42 Å². The highest BCUT2D eigenvalue weighted by molar-refractivity contribution is 5.48. The molecule has 1 atom stereocenters.